The molecule has 0 aliphatic rings. The normalized spacial score (nSPS) is 11.9. The zero-order valence-corrected chi connectivity index (χ0v) is 14.3. The third-order valence-electron chi connectivity index (χ3n) is 4.28. The van der Waals surface area contributed by atoms with Gasteiger partial charge in [0.25, 0.3) is 15.6 Å². The van der Waals surface area contributed by atoms with Crippen molar-refractivity contribution in [2.45, 2.75) is 11.8 Å². The summed E-state index contributed by atoms with van der Waals surface area (Å²) in [7, 11) is -4.00. The number of hydrogen-bond acceptors (Lipinski definition) is 3. The Morgan fingerprint density at radius 1 is 0.760 bits per heavy atom. The van der Waals surface area contributed by atoms with Crippen molar-refractivity contribution in [3.05, 3.63) is 88.7 Å². The highest BCUT2D eigenvalue weighted by Crippen LogP contribution is 2.26. The Balaban J connectivity index is 2.24. The van der Waals surface area contributed by atoms with E-state index in [4.69, 9.17) is 0 Å². The molecule has 4 nitrogen and oxygen atoms in total. The van der Waals surface area contributed by atoms with Crippen LogP contribution >= 0.6 is 0 Å². The molecule has 1 aromatic heterocycles. The standard InChI is InChI=1S/C20H15NO3S/c1-14-11-12-16-17-9-5-6-10-19(17)21(20(22)18(16)13-14)25(23,24)15-7-3-2-4-8-15/h2-13H,1H3. The number of fused-ring (bicyclic) bond motifs is 3. The van der Waals surface area contributed by atoms with E-state index in [1.165, 1.54) is 12.1 Å². The first kappa shape index (κ1) is 15.6. The fourth-order valence-corrected chi connectivity index (χ4v) is 4.55. The Morgan fingerprint density at radius 2 is 1.44 bits per heavy atom. The summed E-state index contributed by atoms with van der Waals surface area (Å²) >= 11 is 0. The highest BCUT2D eigenvalue weighted by Gasteiger charge is 2.22. The van der Waals surface area contributed by atoms with Crippen molar-refractivity contribution in [2.24, 2.45) is 0 Å². The van der Waals surface area contributed by atoms with Crippen LogP contribution in [-0.4, -0.2) is 12.4 Å². The SMILES string of the molecule is Cc1ccc2c(c1)c(=O)n(S(=O)(=O)c1ccccc1)c1ccccc21. The molecule has 4 aromatic rings. The fraction of sp³-hybridized carbons (Fsp3) is 0.0500. The minimum atomic E-state index is -4.00. The number of aryl methyl sites for hydroxylation is 1. The van der Waals surface area contributed by atoms with Gasteiger partial charge in [-0.15, -0.1) is 0 Å². The maximum Gasteiger partial charge on any atom is 0.272 e. The van der Waals surface area contributed by atoms with Crippen LogP contribution in [-0.2, 0) is 10.0 Å². The summed E-state index contributed by atoms with van der Waals surface area (Å²) in [5.74, 6) is 0. The molecule has 4 rings (SSSR count). The third kappa shape index (κ3) is 2.36. The van der Waals surface area contributed by atoms with Crippen LogP contribution in [0.25, 0.3) is 21.7 Å². The quantitative estimate of drug-likeness (QED) is 0.519. The number of aromatic nitrogens is 1. The van der Waals surface area contributed by atoms with Gasteiger partial charge < -0.3 is 0 Å². The molecule has 0 N–H and O–H groups in total. The molecule has 0 unspecified atom stereocenters. The average Bonchev–Trinajstić information content (AvgIpc) is 2.62. The van der Waals surface area contributed by atoms with Crippen LogP contribution in [0.15, 0.2) is 82.5 Å². The molecule has 0 fully saturated rings. The summed E-state index contributed by atoms with van der Waals surface area (Å²) in [5.41, 5.74) is 0.762. The van der Waals surface area contributed by atoms with Gasteiger partial charge in [0.1, 0.15) is 0 Å². The van der Waals surface area contributed by atoms with E-state index < -0.39 is 15.6 Å². The van der Waals surface area contributed by atoms with Crippen LogP contribution in [0.1, 0.15) is 5.56 Å². The van der Waals surface area contributed by atoms with Gasteiger partial charge in [-0.1, -0.05) is 54.1 Å². The van der Waals surface area contributed by atoms with Gasteiger partial charge in [0.15, 0.2) is 0 Å². The lowest BCUT2D eigenvalue weighted by Crippen LogP contribution is -2.28. The van der Waals surface area contributed by atoms with Gasteiger partial charge in [0, 0.05) is 10.8 Å². The summed E-state index contributed by atoms with van der Waals surface area (Å²) in [4.78, 5) is 13.2. The lowest BCUT2D eigenvalue weighted by atomic mass is 10.0. The molecule has 0 radical (unpaired) electrons. The molecule has 1 heterocycles. The second kappa shape index (κ2) is 5.57. The fourth-order valence-electron chi connectivity index (χ4n) is 3.10. The third-order valence-corrected chi connectivity index (χ3v) is 6.00. The summed E-state index contributed by atoms with van der Waals surface area (Å²) in [5, 5.41) is 1.89. The highest BCUT2D eigenvalue weighted by atomic mass is 32.2. The summed E-state index contributed by atoms with van der Waals surface area (Å²) < 4.78 is 27.2. The molecule has 0 amide bonds. The van der Waals surface area contributed by atoms with Crippen LogP contribution in [0.5, 0.6) is 0 Å². The first-order chi connectivity index (χ1) is 12.0. The molecule has 0 aliphatic carbocycles. The molecule has 25 heavy (non-hydrogen) atoms. The number of nitrogens with zero attached hydrogens (tertiary/aromatic N) is 1. The largest absolute Gasteiger partial charge is 0.272 e. The minimum Gasteiger partial charge on any atom is -0.268 e. The molecule has 124 valence electrons. The number of para-hydroxylation sites is 1. The maximum absolute atomic E-state index is 13.2. The number of pyridine rings is 1. The van der Waals surface area contributed by atoms with E-state index in [0.717, 1.165) is 20.3 Å². The van der Waals surface area contributed by atoms with Crippen molar-refractivity contribution >= 4 is 31.7 Å². The Kier molecular flexibility index (Phi) is 3.47. The van der Waals surface area contributed by atoms with Crippen molar-refractivity contribution in [2.75, 3.05) is 0 Å². The molecule has 3 aromatic carbocycles. The van der Waals surface area contributed by atoms with Gasteiger partial charge in [-0.3, -0.25) is 4.79 Å². The predicted molar refractivity (Wildman–Crippen MR) is 99.5 cm³/mol. The van der Waals surface area contributed by atoms with Crippen LogP contribution in [0.4, 0.5) is 0 Å². The lowest BCUT2D eigenvalue weighted by Gasteiger charge is -2.14. The zero-order chi connectivity index (χ0) is 17.6. The second-order valence-electron chi connectivity index (χ2n) is 5.95. The van der Waals surface area contributed by atoms with E-state index in [1.807, 2.05) is 31.2 Å². The van der Waals surface area contributed by atoms with Gasteiger partial charge in [-0.25, -0.2) is 8.42 Å². The predicted octanol–water partition coefficient (Wildman–Crippen LogP) is 3.70. The van der Waals surface area contributed by atoms with Crippen molar-refractivity contribution < 1.29 is 8.42 Å². The van der Waals surface area contributed by atoms with Gasteiger partial charge in [-0.2, -0.15) is 3.97 Å². The Bertz CT molecular complexity index is 1270. The average molecular weight is 349 g/mol. The molecule has 0 bridgehead atoms. The Labute approximate surface area is 145 Å². The summed E-state index contributed by atoms with van der Waals surface area (Å²) in [6, 6.07) is 20.6. The lowest BCUT2D eigenvalue weighted by molar-refractivity contribution is 0.587. The van der Waals surface area contributed by atoms with Crippen molar-refractivity contribution in [3.63, 3.8) is 0 Å². The van der Waals surface area contributed by atoms with E-state index in [-0.39, 0.29) is 4.90 Å². The van der Waals surface area contributed by atoms with Gasteiger partial charge in [0.05, 0.1) is 10.4 Å². The summed E-state index contributed by atoms with van der Waals surface area (Å²) in [6.45, 7) is 1.88. The first-order valence-electron chi connectivity index (χ1n) is 7.85. The smallest absolute Gasteiger partial charge is 0.268 e. The molecule has 0 saturated heterocycles. The molecule has 0 saturated carbocycles. The van der Waals surface area contributed by atoms with Crippen LogP contribution in [0.3, 0.4) is 0 Å². The minimum absolute atomic E-state index is 0.0919. The number of rotatable bonds is 2. The zero-order valence-electron chi connectivity index (χ0n) is 13.5. The van der Waals surface area contributed by atoms with E-state index in [2.05, 4.69) is 0 Å². The molecular weight excluding hydrogens is 334 g/mol. The Hall–Kier alpha value is -2.92. The van der Waals surface area contributed by atoms with Crippen LogP contribution in [0.2, 0.25) is 0 Å². The molecule has 0 aliphatic heterocycles. The number of benzene rings is 3. The highest BCUT2D eigenvalue weighted by molar-refractivity contribution is 7.90. The van der Waals surface area contributed by atoms with E-state index in [9.17, 15) is 13.2 Å². The van der Waals surface area contributed by atoms with Crippen LogP contribution in [0, 0.1) is 6.92 Å². The van der Waals surface area contributed by atoms with Crippen molar-refractivity contribution in [3.8, 4) is 0 Å². The van der Waals surface area contributed by atoms with Crippen molar-refractivity contribution in [1.82, 2.24) is 3.97 Å². The van der Waals surface area contributed by atoms with Crippen molar-refractivity contribution in [1.29, 1.82) is 0 Å². The van der Waals surface area contributed by atoms with Crippen LogP contribution < -0.4 is 5.56 Å². The van der Waals surface area contributed by atoms with E-state index in [1.54, 1.807) is 36.4 Å². The maximum atomic E-state index is 13.2. The molecule has 0 spiro atoms. The molecular formula is C20H15NO3S. The van der Waals surface area contributed by atoms with Gasteiger partial charge in [-0.05, 0) is 36.6 Å². The molecule has 5 heteroatoms. The summed E-state index contributed by atoms with van der Waals surface area (Å²) in [6.07, 6.45) is 0. The first-order valence-corrected chi connectivity index (χ1v) is 9.29. The second-order valence-corrected chi connectivity index (χ2v) is 7.74. The van der Waals surface area contributed by atoms with Gasteiger partial charge >= 0.3 is 0 Å². The van der Waals surface area contributed by atoms with E-state index >= 15 is 0 Å². The van der Waals surface area contributed by atoms with E-state index in [0.29, 0.717) is 10.9 Å². The Morgan fingerprint density at radius 3 is 2.20 bits per heavy atom. The number of hydrogen-bond donors (Lipinski definition) is 0. The monoisotopic (exact) mass is 349 g/mol. The topological polar surface area (TPSA) is 56.1 Å². The molecule has 0 atom stereocenters. The van der Waals surface area contributed by atoms with Gasteiger partial charge in [0.2, 0.25) is 0 Å².